The maximum absolute atomic E-state index is 11.9. The Balaban J connectivity index is 1.68. The number of nitrogens with one attached hydrogen (secondary N) is 2. The summed E-state index contributed by atoms with van der Waals surface area (Å²) in [7, 11) is 1.90. The van der Waals surface area contributed by atoms with Gasteiger partial charge in [-0.15, -0.1) is 11.3 Å². The first-order chi connectivity index (χ1) is 14.7. The normalized spacial score (nSPS) is 18.5. The van der Waals surface area contributed by atoms with Crippen molar-refractivity contribution in [3.05, 3.63) is 36.4 Å². The van der Waals surface area contributed by atoms with E-state index < -0.39 is 0 Å². The lowest BCUT2D eigenvalue weighted by molar-refractivity contribution is -0.109. The van der Waals surface area contributed by atoms with Crippen molar-refractivity contribution < 1.29 is 4.79 Å². The van der Waals surface area contributed by atoms with E-state index in [0.717, 1.165) is 46.2 Å². The summed E-state index contributed by atoms with van der Waals surface area (Å²) < 4.78 is 0. The molecule has 0 saturated heterocycles. The minimum Gasteiger partial charge on any atom is -0.359 e. The van der Waals surface area contributed by atoms with E-state index in [4.69, 9.17) is 4.98 Å². The third-order valence-electron chi connectivity index (χ3n) is 5.38. The number of thiazole rings is 1. The van der Waals surface area contributed by atoms with E-state index in [-0.39, 0.29) is 12.1 Å². The number of carbonyl (C=O) groups is 1. The van der Waals surface area contributed by atoms with Gasteiger partial charge in [-0.3, -0.25) is 10.2 Å². The van der Waals surface area contributed by atoms with E-state index >= 15 is 0 Å². The molecule has 0 radical (unpaired) electrons. The fourth-order valence-corrected chi connectivity index (χ4v) is 4.56. The first kappa shape index (κ1) is 18.4. The molecule has 11 heteroatoms. The van der Waals surface area contributed by atoms with Crippen LogP contribution in [-0.2, 0) is 4.79 Å². The monoisotopic (exact) mass is 421 g/mol. The minimum absolute atomic E-state index is 0.0943. The lowest BCUT2D eigenvalue weighted by Crippen LogP contribution is -2.54. The highest BCUT2D eigenvalue weighted by atomic mass is 32.1. The molecule has 1 aliphatic rings. The maximum atomic E-state index is 11.9. The van der Waals surface area contributed by atoms with E-state index in [1.165, 1.54) is 11.3 Å². The van der Waals surface area contributed by atoms with Crippen molar-refractivity contribution in [2.24, 2.45) is 0 Å². The van der Waals surface area contributed by atoms with Crippen LogP contribution in [0, 0.1) is 0 Å². The summed E-state index contributed by atoms with van der Waals surface area (Å²) >= 11 is 1.52. The first-order valence-corrected chi connectivity index (χ1v) is 10.4. The van der Waals surface area contributed by atoms with Gasteiger partial charge < -0.3 is 14.6 Å². The number of carbonyl (C=O) groups excluding carboxylic acids is 1. The number of hydrogen-bond donors (Lipinski definition) is 2. The molecule has 0 aromatic carbocycles. The second-order valence-corrected chi connectivity index (χ2v) is 7.83. The number of aromatic amines is 2. The van der Waals surface area contributed by atoms with Crippen LogP contribution in [0.25, 0.3) is 22.1 Å². The average molecular weight is 421 g/mol. The number of aromatic nitrogens is 7. The molecule has 0 aliphatic carbocycles. The molecule has 10 nitrogen and oxygen atoms in total. The molecular weight excluding hydrogens is 402 g/mol. The largest absolute Gasteiger partial charge is 0.359 e. The second-order valence-electron chi connectivity index (χ2n) is 6.94. The molecule has 0 bridgehead atoms. The Hall–Kier alpha value is -3.60. The molecule has 2 atom stereocenters. The summed E-state index contributed by atoms with van der Waals surface area (Å²) in [6, 6.07) is -0.421. The Morgan fingerprint density at radius 1 is 1.23 bits per heavy atom. The summed E-state index contributed by atoms with van der Waals surface area (Å²) in [5.41, 5.74) is 3.18. The molecule has 1 aliphatic heterocycles. The molecule has 152 valence electrons. The number of rotatable bonds is 5. The first-order valence-electron chi connectivity index (χ1n) is 9.49. The highest BCUT2D eigenvalue weighted by molar-refractivity contribution is 7.13. The van der Waals surface area contributed by atoms with Crippen LogP contribution in [0.4, 0.5) is 17.2 Å². The Labute approximate surface area is 176 Å². The summed E-state index contributed by atoms with van der Waals surface area (Å²) in [6.07, 6.45) is 10.5. The minimum atomic E-state index is -0.327. The topological polar surface area (TPSA) is 120 Å². The summed E-state index contributed by atoms with van der Waals surface area (Å²) in [6.45, 7) is 2.06. The third-order valence-corrected chi connectivity index (χ3v) is 6.17. The van der Waals surface area contributed by atoms with Gasteiger partial charge in [0.1, 0.15) is 23.0 Å². The molecule has 4 aromatic heterocycles. The van der Waals surface area contributed by atoms with E-state index in [2.05, 4.69) is 42.2 Å². The lowest BCUT2D eigenvalue weighted by Gasteiger charge is -2.45. The van der Waals surface area contributed by atoms with Crippen LogP contribution in [0.3, 0.4) is 0 Å². The van der Waals surface area contributed by atoms with Crippen LogP contribution < -0.4 is 9.80 Å². The Bertz CT molecular complexity index is 1150. The highest BCUT2D eigenvalue weighted by Crippen LogP contribution is 2.42. The molecule has 0 saturated carbocycles. The van der Waals surface area contributed by atoms with Gasteiger partial charge in [-0.1, -0.05) is 6.92 Å². The number of hydrogen-bond acceptors (Lipinski definition) is 9. The lowest BCUT2D eigenvalue weighted by atomic mass is 9.99. The fraction of sp³-hybridized carbons (Fsp3) is 0.263. The molecule has 0 amide bonds. The van der Waals surface area contributed by atoms with Gasteiger partial charge in [0.25, 0.3) is 0 Å². The maximum Gasteiger partial charge on any atom is 0.165 e. The van der Waals surface area contributed by atoms with Crippen molar-refractivity contribution in [1.29, 1.82) is 0 Å². The Kier molecular flexibility index (Phi) is 4.51. The van der Waals surface area contributed by atoms with Crippen molar-refractivity contribution >= 4 is 34.8 Å². The summed E-state index contributed by atoms with van der Waals surface area (Å²) in [4.78, 5) is 29.8. The van der Waals surface area contributed by atoms with E-state index in [9.17, 15) is 4.79 Å². The molecule has 0 fully saturated rings. The summed E-state index contributed by atoms with van der Waals surface area (Å²) in [5.74, 6) is 1.26. The number of fused-ring (bicyclic) bond motifs is 1. The summed E-state index contributed by atoms with van der Waals surface area (Å²) in [5, 5.41) is 16.9. The second kappa shape index (κ2) is 7.34. The zero-order valence-electron chi connectivity index (χ0n) is 16.4. The SMILES string of the molecule is CC[C@H]1C(C=O)N(C)c2cnc(-c3cn[nH]c3-c3nccs3)nc2N1c1cn[nH]c1. The van der Waals surface area contributed by atoms with Crippen molar-refractivity contribution in [2.75, 3.05) is 16.8 Å². The van der Waals surface area contributed by atoms with Gasteiger partial charge in [0.05, 0.1) is 41.6 Å². The smallest absolute Gasteiger partial charge is 0.165 e. The van der Waals surface area contributed by atoms with Gasteiger partial charge in [-0.2, -0.15) is 10.2 Å². The average Bonchev–Trinajstić information content (AvgIpc) is 3.55. The molecule has 2 N–H and O–H groups in total. The number of H-pyrrole nitrogens is 2. The highest BCUT2D eigenvalue weighted by Gasteiger charge is 2.39. The zero-order valence-corrected chi connectivity index (χ0v) is 17.2. The van der Waals surface area contributed by atoms with Gasteiger partial charge in [-0.05, 0) is 6.42 Å². The van der Waals surface area contributed by atoms with Gasteiger partial charge in [0.2, 0.25) is 0 Å². The Morgan fingerprint density at radius 3 is 2.83 bits per heavy atom. The van der Waals surface area contributed by atoms with Crippen LogP contribution in [-0.4, -0.2) is 60.8 Å². The molecule has 5 heterocycles. The molecule has 1 unspecified atom stereocenters. The Morgan fingerprint density at radius 2 is 2.13 bits per heavy atom. The molecular formula is C19H19N9OS. The van der Waals surface area contributed by atoms with E-state index in [0.29, 0.717) is 5.82 Å². The molecule has 5 rings (SSSR count). The van der Waals surface area contributed by atoms with Gasteiger partial charge >= 0.3 is 0 Å². The number of anilines is 3. The fourth-order valence-electron chi connectivity index (χ4n) is 3.91. The van der Waals surface area contributed by atoms with Gasteiger partial charge in [0, 0.05) is 24.8 Å². The molecule has 30 heavy (non-hydrogen) atoms. The van der Waals surface area contributed by atoms with E-state index in [1.54, 1.807) is 31.0 Å². The van der Waals surface area contributed by atoms with Gasteiger partial charge in [-0.25, -0.2) is 15.0 Å². The molecule has 4 aromatic rings. The van der Waals surface area contributed by atoms with Crippen LogP contribution in [0.5, 0.6) is 0 Å². The van der Waals surface area contributed by atoms with E-state index in [1.807, 2.05) is 17.3 Å². The van der Waals surface area contributed by atoms with Crippen LogP contribution in [0.1, 0.15) is 13.3 Å². The van der Waals surface area contributed by atoms with Crippen molar-refractivity contribution in [3.63, 3.8) is 0 Å². The molecule has 0 spiro atoms. The van der Waals surface area contributed by atoms with Crippen molar-refractivity contribution in [3.8, 4) is 22.1 Å². The number of aldehydes is 1. The predicted molar refractivity (Wildman–Crippen MR) is 114 cm³/mol. The van der Waals surface area contributed by atoms with Crippen LogP contribution >= 0.6 is 11.3 Å². The van der Waals surface area contributed by atoms with Crippen molar-refractivity contribution in [1.82, 2.24) is 35.3 Å². The quantitative estimate of drug-likeness (QED) is 0.472. The van der Waals surface area contributed by atoms with Gasteiger partial charge in [0.15, 0.2) is 11.6 Å². The van der Waals surface area contributed by atoms with Crippen molar-refractivity contribution in [2.45, 2.75) is 25.4 Å². The third kappa shape index (κ3) is 2.77. The standard InChI is InChI=1S/C19H19N9OS/c1-3-13-15(10-29)27(2)14-9-21-17(25-18(14)28(13)11-6-22-23-7-11)12-8-24-26-16(12)19-20-4-5-30-19/h4-10,13,15H,3H2,1-2H3,(H,22,23)(H,24,26)/t13-,15?/m0/s1. The van der Waals surface area contributed by atoms with Crippen LogP contribution in [0.2, 0.25) is 0 Å². The number of likely N-dealkylation sites (N-methyl/N-ethyl adjacent to an activating group) is 1. The van der Waals surface area contributed by atoms with Crippen LogP contribution in [0.15, 0.2) is 36.4 Å². The predicted octanol–water partition coefficient (Wildman–Crippen LogP) is 2.65. The number of nitrogens with zero attached hydrogens (tertiary/aromatic N) is 7. The zero-order chi connectivity index (χ0) is 20.7.